The summed E-state index contributed by atoms with van der Waals surface area (Å²) in [7, 11) is 0. The van der Waals surface area contributed by atoms with Crippen LogP contribution in [0.3, 0.4) is 0 Å². The van der Waals surface area contributed by atoms with E-state index in [1.165, 1.54) is 18.5 Å². The summed E-state index contributed by atoms with van der Waals surface area (Å²) in [4.78, 5) is 0. The molecule has 0 saturated heterocycles. The maximum atomic E-state index is 4.13. The van der Waals surface area contributed by atoms with Gasteiger partial charge in [-0.15, -0.1) is 5.10 Å². The number of nitrogens with zero attached hydrogens (tertiary/aromatic N) is 3. The molecule has 0 N–H and O–H groups in total. The van der Waals surface area contributed by atoms with Gasteiger partial charge in [-0.25, -0.2) is 0 Å². The van der Waals surface area contributed by atoms with E-state index in [0.717, 1.165) is 6.54 Å². The highest BCUT2D eigenvalue weighted by Gasteiger charge is 2.41. The Morgan fingerprint density at radius 2 is 2.36 bits per heavy atom. The molecule has 0 spiro atoms. The van der Waals surface area contributed by atoms with Crippen molar-refractivity contribution in [2.75, 3.05) is 0 Å². The topological polar surface area (TPSA) is 30.7 Å². The molecule has 60 valence electrons. The second kappa shape index (κ2) is 2.06. The fourth-order valence-electron chi connectivity index (χ4n) is 1.17. The van der Waals surface area contributed by atoms with Crippen LogP contribution < -0.4 is 0 Å². The first-order valence-corrected chi connectivity index (χ1v) is 4.15. The highest BCUT2D eigenvalue weighted by atomic mass is 15.4. The minimum Gasteiger partial charge on any atom is -0.253 e. The van der Waals surface area contributed by atoms with Crippen LogP contribution in [0, 0.1) is 0 Å². The second-order valence-corrected chi connectivity index (χ2v) is 3.52. The van der Waals surface area contributed by atoms with E-state index in [2.05, 4.69) is 30.4 Å². The molecule has 0 aromatic carbocycles. The molecule has 0 amide bonds. The van der Waals surface area contributed by atoms with Crippen LogP contribution in [0.5, 0.6) is 0 Å². The molecule has 2 rings (SSSR count). The lowest BCUT2D eigenvalue weighted by Gasteiger charge is -1.99. The molecule has 0 bridgehead atoms. The van der Waals surface area contributed by atoms with Crippen molar-refractivity contribution < 1.29 is 0 Å². The Balaban J connectivity index is 2.25. The third kappa shape index (κ3) is 1.04. The predicted molar refractivity (Wildman–Crippen MR) is 42.3 cm³/mol. The zero-order valence-electron chi connectivity index (χ0n) is 7.04. The molecule has 1 aliphatic carbocycles. The third-order valence-corrected chi connectivity index (χ3v) is 2.48. The minimum atomic E-state index is 0.368. The van der Waals surface area contributed by atoms with Gasteiger partial charge in [-0.2, -0.15) is 0 Å². The molecule has 0 atom stereocenters. The second-order valence-electron chi connectivity index (χ2n) is 3.52. The lowest BCUT2D eigenvalue weighted by Crippen LogP contribution is -1.99. The SMILES string of the molecule is CCn1cc(C2(C)CC2)nn1. The molecule has 1 heterocycles. The van der Waals surface area contributed by atoms with E-state index in [9.17, 15) is 0 Å². The predicted octanol–water partition coefficient (Wildman–Crippen LogP) is 1.35. The molecule has 3 heteroatoms. The molecular formula is C8H13N3. The molecule has 0 radical (unpaired) electrons. The van der Waals surface area contributed by atoms with E-state index in [1.807, 2.05) is 4.68 Å². The van der Waals surface area contributed by atoms with E-state index in [4.69, 9.17) is 0 Å². The summed E-state index contributed by atoms with van der Waals surface area (Å²) in [5.74, 6) is 0. The number of rotatable bonds is 2. The largest absolute Gasteiger partial charge is 0.253 e. The molecule has 1 aromatic rings. The summed E-state index contributed by atoms with van der Waals surface area (Å²) in [6.45, 7) is 5.24. The van der Waals surface area contributed by atoms with Crippen LogP contribution in [0.2, 0.25) is 0 Å². The molecule has 11 heavy (non-hydrogen) atoms. The zero-order valence-corrected chi connectivity index (χ0v) is 7.04. The molecule has 0 unspecified atom stereocenters. The Bertz CT molecular complexity index is 260. The Morgan fingerprint density at radius 1 is 1.64 bits per heavy atom. The summed E-state index contributed by atoms with van der Waals surface area (Å²) >= 11 is 0. The van der Waals surface area contributed by atoms with Crippen molar-refractivity contribution in [1.82, 2.24) is 15.0 Å². The first kappa shape index (κ1) is 6.83. The fourth-order valence-corrected chi connectivity index (χ4v) is 1.17. The maximum Gasteiger partial charge on any atom is 0.0885 e. The van der Waals surface area contributed by atoms with Gasteiger partial charge in [0, 0.05) is 18.2 Å². The van der Waals surface area contributed by atoms with Gasteiger partial charge in [0.15, 0.2) is 0 Å². The monoisotopic (exact) mass is 151 g/mol. The smallest absolute Gasteiger partial charge is 0.0885 e. The van der Waals surface area contributed by atoms with Gasteiger partial charge in [0.25, 0.3) is 0 Å². The summed E-state index contributed by atoms with van der Waals surface area (Å²) in [5, 5.41) is 8.14. The molecular weight excluding hydrogens is 138 g/mol. The van der Waals surface area contributed by atoms with Crippen LogP contribution in [0.25, 0.3) is 0 Å². The van der Waals surface area contributed by atoms with Gasteiger partial charge < -0.3 is 0 Å². The van der Waals surface area contributed by atoms with Crippen LogP contribution in [0.1, 0.15) is 32.4 Å². The molecule has 0 aliphatic heterocycles. The molecule has 1 aliphatic rings. The molecule has 1 fully saturated rings. The van der Waals surface area contributed by atoms with Crippen LogP contribution in [0.4, 0.5) is 0 Å². The molecule has 1 aromatic heterocycles. The fraction of sp³-hybridized carbons (Fsp3) is 0.750. The van der Waals surface area contributed by atoms with E-state index in [-0.39, 0.29) is 0 Å². The quantitative estimate of drug-likeness (QED) is 0.638. The molecule has 1 saturated carbocycles. The van der Waals surface area contributed by atoms with Crippen molar-refractivity contribution in [3.8, 4) is 0 Å². The number of aromatic nitrogens is 3. The summed E-state index contributed by atoms with van der Waals surface area (Å²) < 4.78 is 1.89. The highest BCUT2D eigenvalue weighted by Crippen LogP contribution is 2.46. The number of aryl methyl sites for hydroxylation is 1. The number of hydrogen-bond acceptors (Lipinski definition) is 2. The number of hydrogen-bond donors (Lipinski definition) is 0. The normalized spacial score (nSPS) is 20.2. The first-order chi connectivity index (χ1) is 5.24. The average Bonchev–Trinajstić information content (AvgIpc) is 2.61. The lowest BCUT2D eigenvalue weighted by atomic mass is 10.1. The van der Waals surface area contributed by atoms with Gasteiger partial charge in [0.1, 0.15) is 0 Å². The van der Waals surface area contributed by atoms with Crippen LogP contribution in [-0.4, -0.2) is 15.0 Å². The van der Waals surface area contributed by atoms with E-state index < -0.39 is 0 Å². The maximum absolute atomic E-state index is 4.13. The van der Waals surface area contributed by atoms with Gasteiger partial charge in [-0.3, -0.25) is 4.68 Å². The van der Waals surface area contributed by atoms with Gasteiger partial charge in [0.2, 0.25) is 0 Å². The summed E-state index contributed by atoms with van der Waals surface area (Å²) in [6, 6.07) is 0. The van der Waals surface area contributed by atoms with Gasteiger partial charge in [-0.1, -0.05) is 12.1 Å². The van der Waals surface area contributed by atoms with Crippen LogP contribution in [-0.2, 0) is 12.0 Å². The van der Waals surface area contributed by atoms with Crippen molar-refractivity contribution in [3.63, 3.8) is 0 Å². The Kier molecular flexibility index (Phi) is 1.28. The summed E-state index contributed by atoms with van der Waals surface area (Å²) in [6.07, 6.45) is 4.61. The van der Waals surface area contributed by atoms with E-state index >= 15 is 0 Å². The zero-order chi connectivity index (χ0) is 7.90. The minimum absolute atomic E-state index is 0.368. The third-order valence-electron chi connectivity index (χ3n) is 2.48. The van der Waals surface area contributed by atoms with E-state index in [1.54, 1.807) is 0 Å². The van der Waals surface area contributed by atoms with Crippen molar-refractivity contribution >= 4 is 0 Å². The summed E-state index contributed by atoms with van der Waals surface area (Å²) in [5.41, 5.74) is 1.53. The Morgan fingerprint density at radius 3 is 2.82 bits per heavy atom. The van der Waals surface area contributed by atoms with Crippen molar-refractivity contribution in [2.45, 2.75) is 38.6 Å². The molecule has 3 nitrogen and oxygen atoms in total. The lowest BCUT2D eigenvalue weighted by molar-refractivity contribution is 0.625. The first-order valence-electron chi connectivity index (χ1n) is 4.15. The van der Waals surface area contributed by atoms with E-state index in [0.29, 0.717) is 5.41 Å². The van der Waals surface area contributed by atoms with Crippen LogP contribution in [0.15, 0.2) is 6.20 Å². The Hall–Kier alpha value is -0.860. The standard InChI is InChI=1S/C8H13N3/c1-3-11-6-7(9-10-11)8(2)4-5-8/h6H,3-5H2,1-2H3. The van der Waals surface area contributed by atoms with Gasteiger partial charge in [0.05, 0.1) is 5.69 Å². The van der Waals surface area contributed by atoms with Gasteiger partial charge >= 0.3 is 0 Å². The highest BCUT2D eigenvalue weighted by molar-refractivity contribution is 5.18. The van der Waals surface area contributed by atoms with Crippen molar-refractivity contribution in [2.24, 2.45) is 0 Å². The van der Waals surface area contributed by atoms with Crippen molar-refractivity contribution in [1.29, 1.82) is 0 Å². The van der Waals surface area contributed by atoms with Gasteiger partial charge in [-0.05, 0) is 19.8 Å². The van der Waals surface area contributed by atoms with Crippen molar-refractivity contribution in [3.05, 3.63) is 11.9 Å². The Labute approximate surface area is 66.4 Å². The average molecular weight is 151 g/mol. The van der Waals surface area contributed by atoms with Crippen LogP contribution >= 0.6 is 0 Å².